The standard InChI is InChI=1S/C13H17NO3/c1-4-8-14-9-10(15)13-11(16-2)6-5-7-12(13)17-3/h4-7,14H,1,8-9H2,2-3H3. The fourth-order valence-electron chi connectivity index (χ4n) is 1.50. The molecule has 0 amide bonds. The minimum atomic E-state index is -0.0684. The Labute approximate surface area is 101 Å². The van der Waals surface area contributed by atoms with Crippen LogP contribution in [-0.2, 0) is 0 Å². The first-order valence-corrected chi connectivity index (χ1v) is 5.30. The Morgan fingerprint density at radius 3 is 2.41 bits per heavy atom. The summed E-state index contributed by atoms with van der Waals surface area (Å²) in [4.78, 5) is 12.0. The van der Waals surface area contributed by atoms with Gasteiger partial charge in [0.25, 0.3) is 0 Å². The van der Waals surface area contributed by atoms with Crippen molar-refractivity contribution < 1.29 is 14.3 Å². The second-order valence-corrected chi connectivity index (χ2v) is 3.38. The van der Waals surface area contributed by atoms with Crippen LogP contribution in [-0.4, -0.2) is 33.1 Å². The van der Waals surface area contributed by atoms with Gasteiger partial charge in [0.2, 0.25) is 0 Å². The Balaban J connectivity index is 2.93. The summed E-state index contributed by atoms with van der Waals surface area (Å²) in [5.41, 5.74) is 0.467. The molecule has 0 radical (unpaired) electrons. The van der Waals surface area contributed by atoms with Crippen LogP contribution in [0.1, 0.15) is 10.4 Å². The highest BCUT2D eigenvalue weighted by atomic mass is 16.5. The van der Waals surface area contributed by atoms with Gasteiger partial charge in [-0.1, -0.05) is 12.1 Å². The molecule has 4 heteroatoms. The van der Waals surface area contributed by atoms with Gasteiger partial charge in [-0.05, 0) is 12.1 Å². The number of hydrogen-bond donors (Lipinski definition) is 1. The van der Waals surface area contributed by atoms with Gasteiger partial charge in [0, 0.05) is 6.54 Å². The van der Waals surface area contributed by atoms with E-state index >= 15 is 0 Å². The predicted molar refractivity (Wildman–Crippen MR) is 66.9 cm³/mol. The molecule has 17 heavy (non-hydrogen) atoms. The fraction of sp³-hybridized carbons (Fsp3) is 0.308. The van der Waals surface area contributed by atoms with Crippen molar-refractivity contribution in [2.75, 3.05) is 27.3 Å². The highest BCUT2D eigenvalue weighted by Gasteiger charge is 2.17. The minimum Gasteiger partial charge on any atom is -0.496 e. The summed E-state index contributed by atoms with van der Waals surface area (Å²) in [5.74, 6) is 0.977. The summed E-state index contributed by atoms with van der Waals surface area (Å²) in [6.45, 7) is 4.39. The van der Waals surface area contributed by atoms with Crippen LogP contribution in [0.4, 0.5) is 0 Å². The molecule has 0 bridgehead atoms. The number of hydrogen-bond acceptors (Lipinski definition) is 4. The monoisotopic (exact) mass is 235 g/mol. The summed E-state index contributed by atoms with van der Waals surface area (Å²) in [7, 11) is 3.06. The van der Waals surface area contributed by atoms with Gasteiger partial charge in [0.15, 0.2) is 5.78 Å². The number of Topliss-reactive ketones (excluding diaryl/α,β-unsaturated/α-hetero) is 1. The number of carbonyl (C=O) groups is 1. The van der Waals surface area contributed by atoms with Crippen molar-refractivity contribution in [2.45, 2.75) is 0 Å². The number of nitrogens with one attached hydrogen (secondary N) is 1. The molecule has 0 saturated carbocycles. The van der Waals surface area contributed by atoms with Crippen molar-refractivity contribution in [3.05, 3.63) is 36.4 Å². The maximum atomic E-state index is 12.0. The Kier molecular flexibility index (Phi) is 5.23. The molecule has 0 saturated heterocycles. The van der Waals surface area contributed by atoms with E-state index in [-0.39, 0.29) is 12.3 Å². The zero-order valence-electron chi connectivity index (χ0n) is 10.2. The van der Waals surface area contributed by atoms with Crippen LogP contribution in [0.2, 0.25) is 0 Å². The lowest BCUT2D eigenvalue weighted by Crippen LogP contribution is -2.23. The van der Waals surface area contributed by atoms with Crippen LogP contribution in [0.15, 0.2) is 30.9 Å². The number of ketones is 1. The molecule has 92 valence electrons. The highest BCUT2D eigenvalue weighted by molar-refractivity contribution is 6.02. The van der Waals surface area contributed by atoms with Crippen molar-refractivity contribution >= 4 is 5.78 Å². The van der Waals surface area contributed by atoms with Crippen molar-refractivity contribution in [3.8, 4) is 11.5 Å². The van der Waals surface area contributed by atoms with Crippen LogP contribution in [0.5, 0.6) is 11.5 Å². The Bertz CT molecular complexity index is 379. The lowest BCUT2D eigenvalue weighted by atomic mass is 10.1. The molecule has 0 fully saturated rings. The molecular formula is C13H17NO3. The quantitative estimate of drug-likeness (QED) is 0.443. The molecule has 1 rings (SSSR count). The lowest BCUT2D eigenvalue weighted by molar-refractivity contribution is 0.0986. The second kappa shape index (κ2) is 6.70. The van der Waals surface area contributed by atoms with Crippen molar-refractivity contribution in [3.63, 3.8) is 0 Å². The third-order valence-corrected chi connectivity index (χ3v) is 2.28. The Morgan fingerprint density at radius 2 is 1.94 bits per heavy atom. The van der Waals surface area contributed by atoms with E-state index in [1.165, 1.54) is 14.2 Å². The number of benzene rings is 1. The zero-order valence-corrected chi connectivity index (χ0v) is 10.2. The number of carbonyl (C=O) groups excluding carboxylic acids is 1. The van der Waals surface area contributed by atoms with E-state index in [0.29, 0.717) is 23.6 Å². The van der Waals surface area contributed by atoms with E-state index in [9.17, 15) is 4.79 Å². The smallest absolute Gasteiger partial charge is 0.184 e. The van der Waals surface area contributed by atoms with Gasteiger partial charge < -0.3 is 14.8 Å². The van der Waals surface area contributed by atoms with Crippen LogP contribution in [0.3, 0.4) is 0 Å². The van der Waals surface area contributed by atoms with Crippen LogP contribution < -0.4 is 14.8 Å². The zero-order chi connectivity index (χ0) is 12.7. The SMILES string of the molecule is C=CCNCC(=O)c1c(OC)cccc1OC. The molecule has 0 aliphatic heterocycles. The summed E-state index contributed by atoms with van der Waals surface area (Å²) in [6.07, 6.45) is 1.70. The Morgan fingerprint density at radius 1 is 1.35 bits per heavy atom. The van der Waals surface area contributed by atoms with E-state index in [4.69, 9.17) is 9.47 Å². The third kappa shape index (κ3) is 3.32. The van der Waals surface area contributed by atoms with Gasteiger partial charge in [-0.15, -0.1) is 6.58 Å². The molecule has 0 aromatic heterocycles. The minimum absolute atomic E-state index is 0.0684. The van der Waals surface area contributed by atoms with Crippen LogP contribution in [0, 0.1) is 0 Å². The first-order chi connectivity index (χ1) is 8.24. The topological polar surface area (TPSA) is 47.6 Å². The third-order valence-electron chi connectivity index (χ3n) is 2.28. The van der Waals surface area contributed by atoms with Crippen molar-refractivity contribution in [1.82, 2.24) is 5.32 Å². The van der Waals surface area contributed by atoms with Crippen LogP contribution >= 0.6 is 0 Å². The molecule has 1 aromatic carbocycles. The highest BCUT2D eigenvalue weighted by Crippen LogP contribution is 2.28. The molecule has 0 heterocycles. The largest absolute Gasteiger partial charge is 0.496 e. The summed E-state index contributed by atoms with van der Waals surface area (Å²) in [6, 6.07) is 5.26. The normalized spacial score (nSPS) is 9.76. The first kappa shape index (κ1) is 13.3. The Hall–Kier alpha value is -1.81. The molecule has 0 aliphatic rings. The second-order valence-electron chi connectivity index (χ2n) is 3.38. The predicted octanol–water partition coefficient (Wildman–Crippen LogP) is 1.66. The molecule has 0 spiro atoms. The van der Waals surface area contributed by atoms with Gasteiger partial charge in [0.1, 0.15) is 17.1 Å². The average Bonchev–Trinajstić information content (AvgIpc) is 2.37. The molecule has 0 unspecified atom stereocenters. The molecule has 0 atom stereocenters. The number of methoxy groups -OCH3 is 2. The van der Waals surface area contributed by atoms with Crippen molar-refractivity contribution in [1.29, 1.82) is 0 Å². The van der Waals surface area contributed by atoms with Crippen molar-refractivity contribution in [2.24, 2.45) is 0 Å². The maximum absolute atomic E-state index is 12.0. The summed E-state index contributed by atoms with van der Waals surface area (Å²) in [5, 5.41) is 2.96. The van der Waals surface area contributed by atoms with E-state index < -0.39 is 0 Å². The summed E-state index contributed by atoms with van der Waals surface area (Å²) >= 11 is 0. The molecule has 1 N–H and O–H groups in total. The fourth-order valence-corrected chi connectivity index (χ4v) is 1.50. The van der Waals surface area contributed by atoms with Gasteiger partial charge in [-0.2, -0.15) is 0 Å². The van der Waals surface area contributed by atoms with E-state index in [1.807, 2.05) is 0 Å². The maximum Gasteiger partial charge on any atom is 0.184 e. The van der Waals surface area contributed by atoms with E-state index in [0.717, 1.165) is 0 Å². The van der Waals surface area contributed by atoms with Gasteiger partial charge >= 0.3 is 0 Å². The molecule has 0 aliphatic carbocycles. The number of rotatable bonds is 7. The van der Waals surface area contributed by atoms with Gasteiger partial charge in [-0.3, -0.25) is 4.79 Å². The number of ether oxygens (including phenoxy) is 2. The van der Waals surface area contributed by atoms with E-state index in [1.54, 1.807) is 24.3 Å². The van der Waals surface area contributed by atoms with Crippen LogP contribution in [0.25, 0.3) is 0 Å². The first-order valence-electron chi connectivity index (χ1n) is 5.30. The molecule has 4 nitrogen and oxygen atoms in total. The van der Waals surface area contributed by atoms with Gasteiger partial charge in [0.05, 0.1) is 20.8 Å². The summed E-state index contributed by atoms with van der Waals surface area (Å²) < 4.78 is 10.3. The van der Waals surface area contributed by atoms with E-state index in [2.05, 4.69) is 11.9 Å². The molecular weight excluding hydrogens is 218 g/mol. The average molecular weight is 235 g/mol. The lowest BCUT2D eigenvalue weighted by Gasteiger charge is -2.11. The van der Waals surface area contributed by atoms with Gasteiger partial charge in [-0.25, -0.2) is 0 Å². The molecule has 1 aromatic rings.